The number of amides is 1. The number of alkyl halides is 2. The molecule has 0 radical (unpaired) electrons. The molecule has 0 unspecified atom stereocenters. The Bertz CT molecular complexity index is 1870. The van der Waals surface area contributed by atoms with Gasteiger partial charge in [0.15, 0.2) is 23.9 Å². The van der Waals surface area contributed by atoms with E-state index in [9.17, 15) is 18.4 Å². The number of H-pyrrole nitrogens is 1. The van der Waals surface area contributed by atoms with Crippen molar-refractivity contribution in [3.05, 3.63) is 104 Å². The summed E-state index contributed by atoms with van der Waals surface area (Å²) in [7, 11) is 0. The van der Waals surface area contributed by atoms with Crippen LogP contribution in [0.2, 0.25) is 10.0 Å². The molecular weight excluding hydrogens is 758 g/mol. The lowest BCUT2D eigenvalue weighted by Crippen LogP contribution is -2.53. The number of rotatable bonds is 13. The number of ether oxygens (including phenoxy) is 4. The third-order valence-corrected chi connectivity index (χ3v) is 10.7. The molecule has 3 aliphatic rings. The van der Waals surface area contributed by atoms with Crippen LogP contribution in [0.1, 0.15) is 58.5 Å². The van der Waals surface area contributed by atoms with E-state index in [1.807, 2.05) is 0 Å². The van der Waals surface area contributed by atoms with Gasteiger partial charge in [0.25, 0.3) is 0 Å². The lowest BCUT2D eigenvalue weighted by atomic mass is 9.86. The van der Waals surface area contributed by atoms with Gasteiger partial charge >= 0.3 is 18.7 Å². The Balaban J connectivity index is 0.00000541. The first-order chi connectivity index (χ1) is 24.9. The molecule has 10 nitrogen and oxygen atoms in total. The maximum atomic E-state index is 15.1. The molecule has 2 atom stereocenters. The largest absolute Gasteiger partial charge is 0.870 e. The number of esters is 1. The van der Waals surface area contributed by atoms with E-state index >= 15 is 4.39 Å². The predicted octanol–water partition coefficient (Wildman–Crippen LogP) is 8.60. The molecule has 7 rings (SSSR count). The summed E-state index contributed by atoms with van der Waals surface area (Å²) in [6.07, 6.45) is 2.62. The monoisotopic (exact) mass is 795 g/mol. The Morgan fingerprint density at radius 3 is 2.36 bits per heavy atom. The molecule has 4 aromatic rings. The Kier molecular flexibility index (Phi) is 13.5. The maximum absolute atomic E-state index is 15.1. The average Bonchev–Trinajstić information content (AvgIpc) is 3.58. The van der Waals surface area contributed by atoms with Gasteiger partial charge in [-0.2, -0.15) is 8.78 Å². The number of benzene rings is 2. The van der Waals surface area contributed by atoms with Crippen LogP contribution >= 0.6 is 34.5 Å². The van der Waals surface area contributed by atoms with Crippen LogP contribution in [0.4, 0.5) is 23.7 Å². The number of hydrogen-bond donors (Lipinski definition) is 0. The molecular formula is C37H38Cl2F3N3O7S. The normalized spacial score (nSPS) is 18.3. The number of halogens is 5. The lowest BCUT2D eigenvalue weighted by Gasteiger charge is -2.44. The Hall–Kier alpha value is -4.08. The minimum Gasteiger partial charge on any atom is -0.870 e. The summed E-state index contributed by atoms with van der Waals surface area (Å²) in [5, 5.41) is 0.586. The molecule has 0 saturated carbocycles. The molecule has 53 heavy (non-hydrogen) atoms. The van der Waals surface area contributed by atoms with Crippen LogP contribution in [0, 0.1) is 11.7 Å². The van der Waals surface area contributed by atoms with Crippen molar-refractivity contribution in [3.8, 4) is 11.5 Å². The van der Waals surface area contributed by atoms with Gasteiger partial charge in [0.05, 0.1) is 18.3 Å². The van der Waals surface area contributed by atoms with Crippen LogP contribution in [0.15, 0.2) is 67.0 Å². The van der Waals surface area contributed by atoms with Gasteiger partial charge < -0.3 is 24.4 Å². The van der Waals surface area contributed by atoms with Gasteiger partial charge in [-0.05, 0) is 87.7 Å². The first-order valence-electron chi connectivity index (χ1n) is 16.8. The van der Waals surface area contributed by atoms with Crippen molar-refractivity contribution in [1.29, 1.82) is 0 Å². The van der Waals surface area contributed by atoms with E-state index in [1.54, 1.807) is 32.0 Å². The molecule has 16 heteroatoms. The number of anilines is 1. The minimum absolute atomic E-state index is 0. The van der Waals surface area contributed by atoms with Crippen LogP contribution in [0.5, 0.6) is 11.5 Å². The van der Waals surface area contributed by atoms with Crippen LogP contribution in [0.25, 0.3) is 0 Å². The quantitative estimate of drug-likeness (QED) is 0.123. The van der Waals surface area contributed by atoms with Gasteiger partial charge in [0, 0.05) is 23.4 Å². The van der Waals surface area contributed by atoms with Crippen molar-refractivity contribution in [1.82, 2.24) is 4.90 Å². The van der Waals surface area contributed by atoms with E-state index in [0.717, 1.165) is 37.3 Å². The van der Waals surface area contributed by atoms with Crippen LogP contribution in [0.3, 0.4) is 0 Å². The van der Waals surface area contributed by atoms with E-state index < -0.39 is 30.6 Å². The van der Waals surface area contributed by atoms with Crippen molar-refractivity contribution in [3.63, 3.8) is 0 Å². The van der Waals surface area contributed by atoms with Gasteiger partial charge in [0.1, 0.15) is 32.9 Å². The number of aromatic amines is 1. The number of para-hydroxylation sites is 1. The van der Waals surface area contributed by atoms with E-state index in [4.69, 9.17) is 37.4 Å². The topological polar surface area (TPSA) is 122 Å². The second kappa shape index (κ2) is 17.8. The minimum atomic E-state index is -3.09. The zero-order chi connectivity index (χ0) is 36.9. The highest BCUT2D eigenvalue weighted by atomic mass is 35.5. The fourth-order valence-corrected chi connectivity index (χ4v) is 7.83. The summed E-state index contributed by atoms with van der Waals surface area (Å²) in [5.74, 6) is -1.19. The average molecular weight is 797 g/mol. The number of aromatic nitrogens is 1. The third kappa shape index (κ3) is 9.92. The fraction of sp³-hybridized carbons (Fsp3) is 0.378. The molecule has 1 amide bonds. The molecule has 5 heterocycles. The molecule has 0 aliphatic carbocycles. The molecule has 2 aromatic carbocycles. The van der Waals surface area contributed by atoms with Gasteiger partial charge in [-0.15, -0.1) is 11.3 Å². The summed E-state index contributed by atoms with van der Waals surface area (Å²) < 4.78 is 63.9. The van der Waals surface area contributed by atoms with Gasteiger partial charge in [-0.3, -0.25) is 9.80 Å². The zero-order valence-electron chi connectivity index (χ0n) is 28.8. The van der Waals surface area contributed by atoms with Crippen molar-refractivity contribution >= 4 is 52.3 Å². The molecule has 2 bridgehead atoms. The van der Waals surface area contributed by atoms with E-state index in [0.29, 0.717) is 32.6 Å². The van der Waals surface area contributed by atoms with Crippen LogP contribution in [-0.4, -0.2) is 60.9 Å². The second-order valence-corrected chi connectivity index (χ2v) is 14.8. The highest BCUT2D eigenvalue weighted by Gasteiger charge is 2.38. The first kappa shape index (κ1) is 40.1. The number of nitrogens with one attached hydrogen (secondary N) is 1. The Morgan fingerprint density at radius 2 is 1.72 bits per heavy atom. The number of hydrogen-bond acceptors (Lipinski definition) is 9. The van der Waals surface area contributed by atoms with Crippen molar-refractivity contribution in [2.75, 3.05) is 24.5 Å². The SMILES string of the molecule is CC(C)Oc1cc([C@H](Cc2c(Cl)c[nH+]cc2Cl)OC(=O)c2ccc(CN(C(=O)O[C@H]3CN4CCC3CC4)c3ccccc3F)s2)ccc1OC(F)F.[OH-]. The highest BCUT2D eigenvalue weighted by Crippen LogP contribution is 2.38. The molecule has 3 saturated heterocycles. The van der Waals surface area contributed by atoms with Crippen LogP contribution < -0.4 is 19.4 Å². The summed E-state index contributed by atoms with van der Waals surface area (Å²) in [6.45, 7) is 2.90. The highest BCUT2D eigenvalue weighted by molar-refractivity contribution is 7.14. The summed E-state index contributed by atoms with van der Waals surface area (Å²) in [5.41, 5.74) is 0.940. The van der Waals surface area contributed by atoms with Gasteiger partial charge in [-0.25, -0.2) is 19.0 Å². The standard InChI is InChI=1S/C37H36Cl2F3N3O6S.H2O/c1-21(2)48-32-15-23(7-9-30(32)50-36(41)42)31(16-25-26(38)17-43-18-27(25)39)49-35(46)34-10-8-24(52-34)19-45(29-6-4-3-5-28(29)40)37(47)51-33-20-44-13-11-22(33)12-14-44;/h3-10,15,17-18,21-22,31,33,36H,11-14,16,19-20H2,1-2H3;1H2/t31-,33-;/m0./s1. The van der Waals surface area contributed by atoms with E-state index in [1.165, 1.54) is 53.7 Å². The number of pyridine rings is 1. The first-order valence-corrected chi connectivity index (χ1v) is 18.4. The fourth-order valence-electron chi connectivity index (χ4n) is 6.42. The number of carbonyl (C=O) groups excluding carboxylic acids is 2. The van der Waals surface area contributed by atoms with Gasteiger partial charge in [-0.1, -0.05) is 41.4 Å². The van der Waals surface area contributed by atoms with Crippen LogP contribution in [-0.2, 0) is 22.4 Å². The molecule has 2 aromatic heterocycles. The van der Waals surface area contributed by atoms with Crippen molar-refractivity contribution < 1.29 is 52.2 Å². The number of fused-ring (bicyclic) bond motifs is 3. The summed E-state index contributed by atoms with van der Waals surface area (Å²) >= 11 is 14.0. The van der Waals surface area contributed by atoms with E-state index in [2.05, 4.69) is 14.6 Å². The number of carbonyl (C=O) groups is 2. The third-order valence-electron chi connectivity index (χ3n) is 8.94. The lowest BCUT2D eigenvalue weighted by molar-refractivity contribution is -0.377. The zero-order valence-corrected chi connectivity index (χ0v) is 31.1. The molecule has 0 spiro atoms. The smallest absolute Gasteiger partial charge is 0.415 e. The molecule has 3 aliphatic heterocycles. The summed E-state index contributed by atoms with van der Waals surface area (Å²) in [6, 6.07) is 13.5. The predicted molar refractivity (Wildman–Crippen MR) is 192 cm³/mol. The number of piperidine rings is 3. The van der Waals surface area contributed by atoms with Crippen molar-refractivity contribution in [2.45, 2.75) is 64.6 Å². The number of nitrogens with zero attached hydrogens (tertiary/aromatic N) is 2. The van der Waals surface area contributed by atoms with Gasteiger partial charge in [0.2, 0.25) is 0 Å². The number of thiophene rings is 1. The molecule has 284 valence electrons. The maximum Gasteiger partial charge on any atom is 0.415 e. The van der Waals surface area contributed by atoms with E-state index in [-0.39, 0.29) is 58.6 Å². The Labute approximate surface area is 318 Å². The summed E-state index contributed by atoms with van der Waals surface area (Å²) in [4.78, 5) is 34.5. The van der Waals surface area contributed by atoms with Crippen molar-refractivity contribution in [2.24, 2.45) is 5.92 Å². The second-order valence-electron chi connectivity index (χ2n) is 12.8. The Morgan fingerprint density at radius 1 is 1.00 bits per heavy atom. The molecule has 2 N–H and O–H groups in total. The molecule has 3 fully saturated rings.